The van der Waals surface area contributed by atoms with Gasteiger partial charge in [-0.05, 0) is 24.7 Å². The third-order valence-electron chi connectivity index (χ3n) is 3.21. The molecule has 72 valence electrons. The zero-order chi connectivity index (χ0) is 9.61. The lowest BCUT2D eigenvalue weighted by atomic mass is 9.72. The van der Waals surface area contributed by atoms with E-state index >= 15 is 0 Å². The second kappa shape index (κ2) is 5.40. The molecule has 0 heteroatoms. The van der Waals surface area contributed by atoms with Crippen LogP contribution in [0.2, 0.25) is 0 Å². The molecule has 0 aliphatic carbocycles. The Hall–Kier alpha value is -0.260. The summed E-state index contributed by atoms with van der Waals surface area (Å²) in [5, 5.41) is 0. The van der Waals surface area contributed by atoms with E-state index in [4.69, 9.17) is 0 Å². The van der Waals surface area contributed by atoms with Crippen LogP contribution in [0.25, 0.3) is 0 Å². The minimum atomic E-state index is 0.515. The van der Waals surface area contributed by atoms with E-state index in [0.717, 1.165) is 0 Å². The summed E-state index contributed by atoms with van der Waals surface area (Å²) in [6.07, 6.45) is 8.43. The maximum atomic E-state index is 2.40. The smallest absolute Gasteiger partial charge is 0.0208 e. The summed E-state index contributed by atoms with van der Waals surface area (Å²) in [5.41, 5.74) is 0.515. The Balaban J connectivity index is 4.27. The number of rotatable bonds is 5. The first-order valence-corrected chi connectivity index (χ1v) is 5.23. The number of hydrogen-bond donors (Lipinski definition) is 0. The van der Waals surface area contributed by atoms with Gasteiger partial charge in [-0.15, -0.1) is 0 Å². The summed E-state index contributed by atoms with van der Waals surface area (Å²) in [6.45, 7) is 11.4. The van der Waals surface area contributed by atoms with E-state index in [1.807, 2.05) is 0 Å². The average Bonchev–Trinajstić information content (AvgIpc) is 2.05. The molecular weight excluding hydrogens is 144 g/mol. The Morgan fingerprint density at radius 3 is 2.25 bits per heavy atom. The van der Waals surface area contributed by atoms with Crippen molar-refractivity contribution in [2.75, 3.05) is 0 Å². The zero-order valence-corrected chi connectivity index (χ0v) is 9.35. The average molecular weight is 168 g/mol. The van der Waals surface area contributed by atoms with E-state index in [0.29, 0.717) is 11.3 Å². The van der Waals surface area contributed by atoms with Crippen LogP contribution in [0.1, 0.15) is 53.9 Å². The van der Waals surface area contributed by atoms with Crippen molar-refractivity contribution >= 4 is 0 Å². The normalized spacial score (nSPS) is 19.4. The number of allylic oxidation sites excluding steroid dienone is 2. The van der Waals surface area contributed by atoms with Crippen molar-refractivity contribution in [3.8, 4) is 0 Å². The molecule has 0 aliphatic heterocycles. The van der Waals surface area contributed by atoms with Gasteiger partial charge in [0, 0.05) is 0 Å². The second-order valence-electron chi connectivity index (χ2n) is 4.07. The van der Waals surface area contributed by atoms with Crippen LogP contribution in [0.4, 0.5) is 0 Å². The summed E-state index contributed by atoms with van der Waals surface area (Å²) in [6, 6.07) is 0. The summed E-state index contributed by atoms with van der Waals surface area (Å²) in [4.78, 5) is 0. The third kappa shape index (κ3) is 3.00. The third-order valence-corrected chi connectivity index (χ3v) is 3.21. The monoisotopic (exact) mass is 168 g/mol. The molecule has 0 aromatic rings. The van der Waals surface area contributed by atoms with Gasteiger partial charge in [-0.3, -0.25) is 0 Å². The quantitative estimate of drug-likeness (QED) is 0.533. The van der Waals surface area contributed by atoms with Crippen LogP contribution in [-0.2, 0) is 0 Å². The molecule has 0 fully saturated rings. The molecule has 0 aromatic heterocycles. The highest BCUT2D eigenvalue weighted by Crippen LogP contribution is 2.36. The lowest BCUT2D eigenvalue weighted by Gasteiger charge is -2.33. The molecule has 0 bridgehead atoms. The fourth-order valence-electron chi connectivity index (χ4n) is 1.82. The standard InChI is InChI=1S/C12H24/c1-6-9-11(4)12(5,8-3)10-7-2/h6,9,11H,7-8,10H2,1-5H3. The molecule has 12 heavy (non-hydrogen) atoms. The molecule has 0 nitrogen and oxygen atoms in total. The van der Waals surface area contributed by atoms with Gasteiger partial charge in [0.05, 0.1) is 0 Å². The van der Waals surface area contributed by atoms with E-state index in [9.17, 15) is 0 Å². The van der Waals surface area contributed by atoms with Gasteiger partial charge in [-0.1, -0.05) is 52.7 Å². The molecule has 0 saturated heterocycles. The molecular formula is C12H24. The van der Waals surface area contributed by atoms with E-state index < -0.39 is 0 Å². The first-order valence-electron chi connectivity index (χ1n) is 5.23. The summed E-state index contributed by atoms with van der Waals surface area (Å²) in [5.74, 6) is 0.715. The van der Waals surface area contributed by atoms with Crippen molar-refractivity contribution in [3.05, 3.63) is 12.2 Å². The van der Waals surface area contributed by atoms with Crippen LogP contribution < -0.4 is 0 Å². The largest absolute Gasteiger partial charge is 0.0914 e. The van der Waals surface area contributed by atoms with Crippen LogP contribution in [-0.4, -0.2) is 0 Å². The molecule has 0 aliphatic rings. The van der Waals surface area contributed by atoms with Gasteiger partial charge in [-0.2, -0.15) is 0 Å². The SMILES string of the molecule is CC=CC(C)C(C)(CC)CCC. The van der Waals surface area contributed by atoms with Crippen molar-refractivity contribution in [2.45, 2.75) is 53.9 Å². The Kier molecular flexibility index (Phi) is 5.28. The van der Waals surface area contributed by atoms with Gasteiger partial charge in [0.2, 0.25) is 0 Å². The van der Waals surface area contributed by atoms with Gasteiger partial charge in [0.15, 0.2) is 0 Å². The maximum Gasteiger partial charge on any atom is -0.0208 e. The van der Waals surface area contributed by atoms with Gasteiger partial charge in [-0.25, -0.2) is 0 Å². The minimum absolute atomic E-state index is 0.515. The van der Waals surface area contributed by atoms with Crippen LogP contribution in [0.5, 0.6) is 0 Å². The molecule has 0 rings (SSSR count). The van der Waals surface area contributed by atoms with Crippen molar-refractivity contribution < 1.29 is 0 Å². The summed E-state index contributed by atoms with van der Waals surface area (Å²) < 4.78 is 0. The van der Waals surface area contributed by atoms with Crippen molar-refractivity contribution in [1.29, 1.82) is 0 Å². The summed E-state index contributed by atoms with van der Waals surface area (Å²) in [7, 11) is 0. The predicted molar refractivity (Wildman–Crippen MR) is 57.3 cm³/mol. The van der Waals surface area contributed by atoms with Gasteiger partial charge in [0.25, 0.3) is 0 Å². The molecule has 2 atom stereocenters. The lowest BCUT2D eigenvalue weighted by molar-refractivity contribution is 0.210. The van der Waals surface area contributed by atoms with Gasteiger partial charge >= 0.3 is 0 Å². The Morgan fingerprint density at radius 1 is 1.33 bits per heavy atom. The highest BCUT2D eigenvalue weighted by atomic mass is 14.3. The Morgan fingerprint density at radius 2 is 1.92 bits per heavy atom. The number of hydrogen-bond acceptors (Lipinski definition) is 0. The van der Waals surface area contributed by atoms with Crippen molar-refractivity contribution in [3.63, 3.8) is 0 Å². The Labute approximate surface area is 78.1 Å². The van der Waals surface area contributed by atoms with Crippen LogP contribution in [0, 0.1) is 11.3 Å². The van der Waals surface area contributed by atoms with Crippen LogP contribution in [0.15, 0.2) is 12.2 Å². The van der Waals surface area contributed by atoms with E-state index in [1.54, 1.807) is 0 Å². The van der Waals surface area contributed by atoms with Crippen LogP contribution in [0.3, 0.4) is 0 Å². The first kappa shape index (κ1) is 11.7. The molecule has 0 radical (unpaired) electrons. The fraction of sp³-hybridized carbons (Fsp3) is 0.833. The Bertz CT molecular complexity index is 135. The first-order chi connectivity index (χ1) is 5.60. The molecule has 0 heterocycles. The lowest BCUT2D eigenvalue weighted by Crippen LogP contribution is -2.22. The fourth-order valence-corrected chi connectivity index (χ4v) is 1.82. The van der Waals surface area contributed by atoms with E-state index in [1.165, 1.54) is 19.3 Å². The molecule has 0 spiro atoms. The van der Waals surface area contributed by atoms with Crippen LogP contribution >= 0.6 is 0 Å². The molecule has 0 saturated carbocycles. The minimum Gasteiger partial charge on any atom is -0.0914 e. The van der Waals surface area contributed by atoms with Crippen molar-refractivity contribution in [1.82, 2.24) is 0 Å². The van der Waals surface area contributed by atoms with Gasteiger partial charge < -0.3 is 0 Å². The molecule has 0 aromatic carbocycles. The maximum absolute atomic E-state index is 2.40. The molecule has 0 amide bonds. The highest BCUT2D eigenvalue weighted by molar-refractivity contribution is 4.92. The second-order valence-corrected chi connectivity index (χ2v) is 4.07. The zero-order valence-electron chi connectivity index (χ0n) is 9.35. The van der Waals surface area contributed by atoms with Crippen molar-refractivity contribution in [2.24, 2.45) is 11.3 Å². The predicted octanol–water partition coefficient (Wildman–Crippen LogP) is 4.42. The molecule has 2 unspecified atom stereocenters. The van der Waals surface area contributed by atoms with E-state index in [-0.39, 0.29) is 0 Å². The highest BCUT2D eigenvalue weighted by Gasteiger charge is 2.25. The molecule has 0 N–H and O–H groups in total. The summed E-state index contributed by atoms with van der Waals surface area (Å²) >= 11 is 0. The van der Waals surface area contributed by atoms with Gasteiger partial charge in [0.1, 0.15) is 0 Å². The topological polar surface area (TPSA) is 0 Å². The van der Waals surface area contributed by atoms with E-state index in [2.05, 4.69) is 46.8 Å².